The standard InChI is InChI=1S/C18H16FNO2/c1-12(17-11-14-6-2-3-8-16(14)22-17)20-18(21)10-13-5-4-7-15(19)9-13/h2-9,11-12H,10H2,1H3,(H,20,21). The van der Waals surface area contributed by atoms with Crippen LogP contribution >= 0.6 is 0 Å². The molecule has 0 bridgehead atoms. The smallest absolute Gasteiger partial charge is 0.225 e. The Morgan fingerprint density at radius 1 is 1.18 bits per heavy atom. The summed E-state index contributed by atoms with van der Waals surface area (Å²) in [6.45, 7) is 1.86. The Hall–Kier alpha value is -2.62. The van der Waals surface area contributed by atoms with Crippen LogP contribution in [-0.4, -0.2) is 5.91 Å². The maximum Gasteiger partial charge on any atom is 0.225 e. The molecule has 1 amide bonds. The second-order valence-electron chi connectivity index (χ2n) is 5.28. The summed E-state index contributed by atoms with van der Waals surface area (Å²) in [6, 6.07) is 15.4. The largest absolute Gasteiger partial charge is 0.459 e. The third-order valence-corrected chi connectivity index (χ3v) is 3.50. The second kappa shape index (κ2) is 6.02. The van der Waals surface area contributed by atoms with Crippen molar-refractivity contribution in [3.63, 3.8) is 0 Å². The van der Waals surface area contributed by atoms with Crippen LogP contribution in [0.4, 0.5) is 4.39 Å². The molecule has 1 atom stereocenters. The van der Waals surface area contributed by atoms with Gasteiger partial charge in [0.25, 0.3) is 0 Å². The molecule has 0 saturated carbocycles. The zero-order chi connectivity index (χ0) is 15.5. The molecule has 22 heavy (non-hydrogen) atoms. The van der Waals surface area contributed by atoms with E-state index in [1.165, 1.54) is 12.1 Å². The van der Waals surface area contributed by atoms with E-state index in [9.17, 15) is 9.18 Å². The number of para-hydroxylation sites is 1. The topological polar surface area (TPSA) is 42.2 Å². The maximum atomic E-state index is 13.1. The predicted octanol–water partition coefficient (Wildman–Crippen LogP) is 3.99. The molecule has 2 aromatic carbocycles. The van der Waals surface area contributed by atoms with Crippen molar-refractivity contribution >= 4 is 16.9 Å². The van der Waals surface area contributed by atoms with Gasteiger partial charge in [0.1, 0.15) is 17.2 Å². The van der Waals surface area contributed by atoms with Crippen molar-refractivity contribution in [2.75, 3.05) is 0 Å². The van der Waals surface area contributed by atoms with E-state index in [2.05, 4.69) is 5.32 Å². The predicted molar refractivity (Wildman–Crippen MR) is 82.9 cm³/mol. The minimum absolute atomic E-state index is 0.141. The van der Waals surface area contributed by atoms with Gasteiger partial charge in [0.2, 0.25) is 5.91 Å². The number of carbonyl (C=O) groups excluding carboxylic acids is 1. The first-order chi connectivity index (χ1) is 10.6. The van der Waals surface area contributed by atoms with Crippen molar-refractivity contribution in [1.29, 1.82) is 0 Å². The molecule has 1 N–H and O–H groups in total. The molecule has 3 rings (SSSR count). The molecule has 0 fully saturated rings. The molecular formula is C18H16FNO2. The molecule has 0 saturated heterocycles. The van der Waals surface area contributed by atoms with E-state index < -0.39 is 0 Å². The van der Waals surface area contributed by atoms with Crippen molar-refractivity contribution in [1.82, 2.24) is 5.32 Å². The number of furan rings is 1. The number of nitrogens with one attached hydrogen (secondary N) is 1. The molecule has 112 valence electrons. The summed E-state index contributed by atoms with van der Waals surface area (Å²) in [6.07, 6.45) is 0.141. The van der Waals surface area contributed by atoms with Crippen LogP contribution in [0.15, 0.2) is 59.0 Å². The Balaban J connectivity index is 1.68. The number of hydrogen-bond donors (Lipinski definition) is 1. The van der Waals surface area contributed by atoms with Crippen molar-refractivity contribution in [2.45, 2.75) is 19.4 Å². The molecule has 1 unspecified atom stereocenters. The average Bonchev–Trinajstić information content (AvgIpc) is 2.91. The Morgan fingerprint density at radius 2 is 2.00 bits per heavy atom. The van der Waals surface area contributed by atoms with E-state index in [-0.39, 0.29) is 24.2 Å². The summed E-state index contributed by atoms with van der Waals surface area (Å²) >= 11 is 0. The number of hydrogen-bond acceptors (Lipinski definition) is 2. The molecule has 0 aliphatic rings. The summed E-state index contributed by atoms with van der Waals surface area (Å²) in [5.41, 5.74) is 1.44. The number of benzene rings is 2. The van der Waals surface area contributed by atoms with Crippen molar-refractivity contribution in [3.8, 4) is 0 Å². The molecule has 0 radical (unpaired) electrons. The summed E-state index contributed by atoms with van der Waals surface area (Å²) in [7, 11) is 0. The van der Waals surface area contributed by atoms with Crippen LogP contribution in [0.3, 0.4) is 0 Å². The molecule has 0 spiro atoms. The Labute approximate surface area is 127 Å². The van der Waals surface area contributed by atoms with E-state index in [4.69, 9.17) is 4.42 Å². The van der Waals surface area contributed by atoms with Crippen LogP contribution in [-0.2, 0) is 11.2 Å². The Bertz CT molecular complexity index is 776. The van der Waals surface area contributed by atoms with Crippen LogP contribution in [0.1, 0.15) is 24.3 Å². The van der Waals surface area contributed by atoms with E-state index in [0.717, 1.165) is 11.0 Å². The molecule has 4 heteroatoms. The summed E-state index contributed by atoms with van der Waals surface area (Å²) < 4.78 is 18.8. The first-order valence-electron chi connectivity index (χ1n) is 7.14. The van der Waals surface area contributed by atoms with Gasteiger partial charge in [-0.1, -0.05) is 30.3 Å². The minimum Gasteiger partial charge on any atom is -0.459 e. The van der Waals surface area contributed by atoms with E-state index in [0.29, 0.717) is 11.3 Å². The Kier molecular flexibility index (Phi) is 3.92. The lowest BCUT2D eigenvalue weighted by atomic mass is 10.1. The highest BCUT2D eigenvalue weighted by Gasteiger charge is 2.14. The zero-order valence-electron chi connectivity index (χ0n) is 12.2. The highest BCUT2D eigenvalue weighted by atomic mass is 19.1. The number of halogens is 1. The quantitative estimate of drug-likeness (QED) is 0.791. The van der Waals surface area contributed by atoms with Crippen LogP contribution in [0.25, 0.3) is 11.0 Å². The molecule has 0 aliphatic heterocycles. The monoisotopic (exact) mass is 297 g/mol. The Morgan fingerprint density at radius 3 is 2.77 bits per heavy atom. The number of fused-ring (bicyclic) bond motifs is 1. The van der Waals surface area contributed by atoms with E-state index >= 15 is 0 Å². The van der Waals surface area contributed by atoms with Crippen molar-refractivity contribution in [2.24, 2.45) is 0 Å². The van der Waals surface area contributed by atoms with Crippen LogP contribution in [0.2, 0.25) is 0 Å². The molecule has 0 aliphatic carbocycles. The summed E-state index contributed by atoms with van der Waals surface area (Å²) in [5.74, 6) is 0.197. The van der Waals surface area contributed by atoms with Gasteiger partial charge in [0.15, 0.2) is 0 Å². The molecular weight excluding hydrogens is 281 g/mol. The number of carbonyl (C=O) groups is 1. The third-order valence-electron chi connectivity index (χ3n) is 3.50. The van der Waals surface area contributed by atoms with Gasteiger partial charge in [-0.3, -0.25) is 4.79 Å². The maximum absolute atomic E-state index is 13.1. The number of rotatable bonds is 4. The van der Waals surface area contributed by atoms with Gasteiger partial charge in [-0.2, -0.15) is 0 Å². The van der Waals surface area contributed by atoms with Gasteiger partial charge in [0.05, 0.1) is 12.5 Å². The lowest BCUT2D eigenvalue weighted by Crippen LogP contribution is -2.27. The van der Waals surface area contributed by atoms with Gasteiger partial charge < -0.3 is 9.73 Å². The fraction of sp³-hybridized carbons (Fsp3) is 0.167. The van der Waals surface area contributed by atoms with Gasteiger partial charge in [0, 0.05) is 5.39 Å². The van der Waals surface area contributed by atoms with Gasteiger partial charge in [-0.25, -0.2) is 4.39 Å². The lowest BCUT2D eigenvalue weighted by Gasteiger charge is -2.11. The van der Waals surface area contributed by atoms with Crippen LogP contribution in [0.5, 0.6) is 0 Å². The molecule has 1 aromatic heterocycles. The second-order valence-corrected chi connectivity index (χ2v) is 5.28. The fourth-order valence-electron chi connectivity index (χ4n) is 2.41. The van der Waals surface area contributed by atoms with Crippen molar-refractivity contribution < 1.29 is 13.6 Å². The normalized spacial score (nSPS) is 12.3. The first-order valence-corrected chi connectivity index (χ1v) is 7.14. The van der Waals surface area contributed by atoms with E-state index in [1.807, 2.05) is 37.3 Å². The minimum atomic E-state index is -0.337. The SMILES string of the molecule is CC(NC(=O)Cc1cccc(F)c1)c1cc2ccccc2o1. The van der Waals surface area contributed by atoms with Crippen LogP contribution in [0, 0.1) is 5.82 Å². The summed E-state index contributed by atoms with van der Waals surface area (Å²) in [4.78, 5) is 12.0. The average molecular weight is 297 g/mol. The van der Waals surface area contributed by atoms with Gasteiger partial charge in [-0.05, 0) is 36.8 Å². The molecule has 3 nitrogen and oxygen atoms in total. The first kappa shape index (κ1) is 14.3. The highest BCUT2D eigenvalue weighted by Crippen LogP contribution is 2.23. The number of amides is 1. The van der Waals surface area contributed by atoms with Gasteiger partial charge in [-0.15, -0.1) is 0 Å². The van der Waals surface area contributed by atoms with Crippen LogP contribution < -0.4 is 5.32 Å². The zero-order valence-corrected chi connectivity index (χ0v) is 12.2. The van der Waals surface area contributed by atoms with E-state index in [1.54, 1.807) is 12.1 Å². The van der Waals surface area contributed by atoms with Crippen molar-refractivity contribution in [3.05, 3.63) is 71.7 Å². The van der Waals surface area contributed by atoms with Gasteiger partial charge >= 0.3 is 0 Å². The summed E-state index contributed by atoms with van der Waals surface area (Å²) in [5, 5.41) is 3.87. The highest BCUT2D eigenvalue weighted by molar-refractivity contribution is 5.80. The lowest BCUT2D eigenvalue weighted by molar-refractivity contribution is -0.121. The third kappa shape index (κ3) is 3.17. The fourth-order valence-corrected chi connectivity index (χ4v) is 2.41. The molecule has 1 heterocycles. The molecule has 3 aromatic rings.